The molecular formula is C14H12N2O2. The van der Waals surface area contributed by atoms with Crippen LogP contribution in [0.1, 0.15) is 0 Å². The average Bonchev–Trinajstić information content (AvgIpc) is 2.80. The van der Waals surface area contributed by atoms with Gasteiger partial charge < -0.3 is 14.8 Å². The van der Waals surface area contributed by atoms with Crippen LogP contribution in [0.25, 0.3) is 22.2 Å². The molecule has 2 N–H and O–H groups in total. The third-order valence-electron chi connectivity index (χ3n) is 3.06. The minimum Gasteiger partial charge on any atom is -0.507 e. The highest BCUT2D eigenvalue weighted by atomic mass is 16.3. The number of phenols is 2. The summed E-state index contributed by atoms with van der Waals surface area (Å²) in [7, 11) is 1.89. The molecule has 4 nitrogen and oxygen atoms in total. The SMILES string of the molecule is Cn1cccc1-c1cc(O)c2ncccc2c1O. The van der Waals surface area contributed by atoms with Gasteiger partial charge in [-0.2, -0.15) is 0 Å². The minimum absolute atomic E-state index is 0.0691. The van der Waals surface area contributed by atoms with E-state index in [0.29, 0.717) is 16.5 Å². The molecule has 3 rings (SSSR count). The van der Waals surface area contributed by atoms with Gasteiger partial charge in [0.15, 0.2) is 0 Å². The van der Waals surface area contributed by atoms with Crippen molar-refractivity contribution in [1.29, 1.82) is 0 Å². The molecule has 0 amide bonds. The molecule has 0 saturated carbocycles. The lowest BCUT2D eigenvalue weighted by Crippen LogP contribution is -1.91. The zero-order chi connectivity index (χ0) is 12.7. The Hall–Kier alpha value is -2.49. The predicted octanol–water partition coefficient (Wildman–Crippen LogP) is 2.65. The quantitative estimate of drug-likeness (QED) is 0.643. The van der Waals surface area contributed by atoms with Gasteiger partial charge in [-0.3, -0.25) is 4.98 Å². The van der Waals surface area contributed by atoms with Crippen LogP contribution in [0.3, 0.4) is 0 Å². The molecule has 0 aliphatic heterocycles. The van der Waals surface area contributed by atoms with Crippen molar-refractivity contribution in [1.82, 2.24) is 9.55 Å². The molecule has 0 radical (unpaired) electrons. The summed E-state index contributed by atoms with van der Waals surface area (Å²) >= 11 is 0. The first-order valence-corrected chi connectivity index (χ1v) is 5.60. The molecule has 4 heteroatoms. The molecule has 0 aliphatic carbocycles. The van der Waals surface area contributed by atoms with E-state index in [9.17, 15) is 10.2 Å². The number of aromatic hydroxyl groups is 2. The van der Waals surface area contributed by atoms with Crippen molar-refractivity contribution in [2.24, 2.45) is 7.05 Å². The van der Waals surface area contributed by atoms with E-state index >= 15 is 0 Å². The number of phenolic OH excluding ortho intramolecular Hbond substituents is 2. The summed E-state index contributed by atoms with van der Waals surface area (Å²) in [5.41, 5.74) is 1.85. The van der Waals surface area contributed by atoms with Crippen molar-refractivity contribution in [2.45, 2.75) is 0 Å². The maximum atomic E-state index is 10.3. The summed E-state index contributed by atoms with van der Waals surface area (Å²) in [6.45, 7) is 0. The van der Waals surface area contributed by atoms with Crippen molar-refractivity contribution < 1.29 is 10.2 Å². The van der Waals surface area contributed by atoms with Crippen molar-refractivity contribution in [3.05, 3.63) is 42.7 Å². The van der Waals surface area contributed by atoms with Crippen LogP contribution in [0.15, 0.2) is 42.7 Å². The Kier molecular flexibility index (Phi) is 2.23. The van der Waals surface area contributed by atoms with Gasteiger partial charge in [-0.05, 0) is 30.3 Å². The van der Waals surface area contributed by atoms with Crippen molar-refractivity contribution in [3.63, 3.8) is 0 Å². The molecule has 0 atom stereocenters. The molecule has 90 valence electrons. The number of benzene rings is 1. The fraction of sp³-hybridized carbons (Fsp3) is 0.0714. The Morgan fingerprint density at radius 2 is 2.00 bits per heavy atom. The number of rotatable bonds is 1. The molecule has 0 saturated heterocycles. The van der Waals surface area contributed by atoms with Crippen molar-refractivity contribution >= 4 is 10.9 Å². The number of hydrogen-bond acceptors (Lipinski definition) is 3. The van der Waals surface area contributed by atoms with E-state index in [1.807, 2.05) is 29.9 Å². The van der Waals surface area contributed by atoms with Crippen molar-refractivity contribution in [2.75, 3.05) is 0 Å². The molecule has 3 aromatic rings. The summed E-state index contributed by atoms with van der Waals surface area (Å²) < 4.78 is 1.89. The second kappa shape index (κ2) is 3.77. The molecule has 0 bridgehead atoms. The Morgan fingerprint density at radius 1 is 1.17 bits per heavy atom. The maximum absolute atomic E-state index is 10.3. The molecule has 0 fully saturated rings. The summed E-state index contributed by atoms with van der Waals surface area (Å²) in [5, 5.41) is 20.8. The Balaban J connectivity index is 2.39. The largest absolute Gasteiger partial charge is 0.507 e. The zero-order valence-electron chi connectivity index (χ0n) is 9.83. The first kappa shape index (κ1) is 10.7. The lowest BCUT2D eigenvalue weighted by Gasteiger charge is -2.10. The van der Waals surface area contributed by atoms with E-state index in [2.05, 4.69) is 4.98 Å². The molecule has 2 heterocycles. The number of hydrogen-bond donors (Lipinski definition) is 2. The molecule has 18 heavy (non-hydrogen) atoms. The number of pyridine rings is 1. The number of fused-ring (bicyclic) bond motifs is 1. The molecule has 1 aromatic carbocycles. The zero-order valence-corrected chi connectivity index (χ0v) is 9.83. The van der Waals surface area contributed by atoms with E-state index in [0.717, 1.165) is 5.69 Å². The average molecular weight is 240 g/mol. The highest BCUT2D eigenvalue weighted by Crippen LogP contribution is 2.39. The van der Waals surface area contributed by atoms with Gasteiger partial charge in [0.25, 0.3) is 0 Å². The van der Waals surface area contributed by atoms with Crippen LogP contribution >= 0.6 is 0 Å². The van der Waals surface area contributed by atoms with E-state index in [-0.39, 0.29) is 11.5 Å². The molecule has 2 aromatic heterocycles. The van der Waals surface area contributed by atoms with Crippen LogP contribution in [-0.4, -0.2) is 19.8 Å². The minimum atomic E-state index is 0.0691. The fourth-order valence-electron chi connectivity index (χ4n) is 2.16. The van der Waals surface area contributed by atoms with Crippen LogP contribution in [-0.2, 0) is 7.05 Å². The first-order chi connectivity index (χ1) is 8.68. The normalized spacial score (nSPS) is 10.9. The first-order valence-electron chi connectivity index (χ1n) is 5.60. The third kappa shape index (κ3) is 1.43. The van der Waals surface area contributed by atoms with Crippen LogP contribution in [0, 0.1) is 0 Å². The second-order valence-electron chi connectivity index (χ2n) is 4.20. The monoisotopic (exact) mass is 240 g/mol. The van der Waals surface area contributed by atoms with E-state index in [1.54, 1.807) is 24.4 Å². The van der Waals surface area contributed by atoms with Gasteiger partial charge in [0.1, 0.15) is 17.0 Å². The van der Waals surface area contributed by atoms with Gasteiger partial charge in [0.05, 0.1) is 5.69 Å². The number of aryl methyl sites for hydroxylation is 1. The molecular weight excluding hydrogens is 228 g/mol. The standard InChI is InChI=1S/C14H12N2O2/c1-16-7-3-5-11(16)10-8-12(17)13-9(14(10)18)4-2-6-15-13/h2-8,17-18H,1H3. The van der Waals surface area contributed by atoms with Gasteiger partial charge in [-0.15, -0.1) is 0 Å². The van der Waals surface area contributed by atoms with E-state index < -0.39 is 0 Å². The van der Waals surface area contributed by atoms with Gasteiger partial charge in [-0.1, -0.05) is 0 Å². The highest BCUT2D eigenvalue weighted by Gasteiger charge is 2.14. The van der Waals surface area contributed by atoms with Crippen LogP contribution in [0.4, 0.5) is 0 Å². The molecule has 0 aliphatic rings. The van der Waals surface area contributed by atoms with Crippen LogP contribution < -0.4 is 0 Å². The van der Waals surface area contributed by atoms with Gasteiger partial charge >= 0.3 is 0 Å². The number of nitrogens with zero attached hydrogens (tertiary/aromatic N) is 2. The number of aromatic nitrogens is 2. The smallest absolute Gasteiger partial charge is 0.142 e. The summed E-state index contributed by atoms with van der Waals surface area (Å²) in [6.07, 6.45) is 3.48. The van der Waals surface area contributed by atoms with Gasteiger partial charge in [-0.25, -0.2) is 0 Å². The fourth-order valence-corrected chi connectivity index (χ4v) is 2.16. The lowest BCUT2D eigenvalue weighted by molar-refractivity contribution is 0.469. The van der Waals surface area contributed by atoms with Gasteiger partial charge in [0.2, 0.25) is 0 Å². The lowest BCUT2D eigenvalue weighted by atomic mass is 10.1. The molecule has 0 spiro atoms. The maximum Gasteiger partial charge on any atom is 0.142 e. The molecule has 0 unspecified atom stereocenters. The summed E-state index contributed by atoms with van der Waals surface area (Å²) in [4.78, 5) is 4.07. The van der Waals surface area contributed by atoms with E-state index in [4.69, 9.17) is 0 Å². The van der Waals surface area contributed by atoms with Gasteiger partial charge in [0, 0.05) is 30.4 Å². The Morgan fingerprint density at radius 3 is 2.72 bits per heavy atom. The third-order valence-corrected chi connectivity index (χ3v) is 3.06. The summed E-state index contributed by atoms with van der Waals surface area (Å²) in [6, 6.07) is 8.79. The Labute approximate surface area is 104 Å². The topological polar surface area (TPSA) is 58.3 Å². The predicted molar refractivity (Wildman–Crippen MR) is 69.5 cm³/mol. The summed E-state index contributed by atoms with van der Waals surface area (Å²) in [5.74, 6) is 0.206. The van der Waals surface area contributed by atoms with Crippen molar-refractivity contribution in [3.8, 4) is 22.8 Å². The highest BCUT2D eigenvalue weighted by molar-refractivity contribution is 5.95. The van der Waals surface area contributed by atoms with E-state index in [1.165, 1.54) is 0 Å². The van der Waals surface area contributed by atoms with Crippen LogP contribution in [0.2, 0.25) is 0 Å². The van der Waals surface area contributed by atoms with Crippen LogP contribution in [0.5, 0.6) is 11.5 Å². The Bertz CT molecular complexity index is 732. The second-order valence-corrected chi connectivity index (χ2v) is 4.20.